The highest BCUT2D eigenvalue weighted by Crippen LogP contribution is 2.13. The highest BCUT2D eigenvalue weighted by Gasteiger charge is 1.95. The van der Waals surface area contributed by atoms with Gasteiger partial charge in [-0.1, -0.05) is 46.6 Å². The first-order chi connectivity index (χ1) is 13.3. The second kappa shape index (κ2) is 17.9. The molecule has 0 heterocycles. The highest BCUT2D eigenvalue weighted by atomic mass is 16.5. The van der Waals surface area contributed by atoms with Crippen molar-refractivity contribution in [1.82, 2.24) is 5.32 Å². The Balaban J connectivity index is 3.84. The molecule has 2 nitrogen and oxygen atoms in total. The molecule has 2 heteroatoms. The van der Waals surface area contributed by atoms with Crippen LogP contribution in [0.5, 0.6) is 0 Å². The monoisotopic (exact) mass is 389 g/mol. The van der Waals surface area contributed by atoms with E-state index in [0.29, 0.717) is 6.10 Å². The molecule has 0 spiro atoms. The van der Waals surface area contributed by atoms with Crippen LogP contribution in [-0.4, -0.2) is 25.8 Å². The molecule has 0 saturated heterocycles. The summed E-state index contributed by atoms with van der Waals surface area (Å²) < 4.78 is 5.54. The van der Waals surface area contributed by atoms with Gasteiger partial charge in [0.25, 0.3) is 0 Å². The molecule has 0 aliphatic rings. The minimum atomic E-state index is 0.339. The average molecular weight is 390 g/mol. The third-order valence-electron chi connectivity index (χ3n) is 4.70. The SMILES string of the molecule is CC(C)=CCCC(C)=CCCC(C)=CCCC(C)=CCNCCCOC(C)C. The lowest BCUT2D eigenvalue weighted by Gasteiger charge is -2.07. The molecule has 0 unspecified atom stereocenters. The molecule has 0 bridgehead atoms. The summed E-state index contributed by atoms with van der Waals surface area (Å²) in [6.45, 7) is 18.1. The van der Waals surface area contributed by atoms with E-state index >= 15 is 0 Å². The second-order valence-electron chi connectivity index (χ2n) is 8.53. The van der Waals surface area contributed by atoms with Crippen molar-refractivity contribution in [3.05, 3.63) is 46.6 Å². The largest absolute Gasteiger partial charge is 0.379 e. The second-order valence-corrected chi connectivity index (χ2v) is 8.53. The normalized spacial score (nSPS) is 13.4. The van der Waals surface area contributed by atoms with Gasteiger partial charge in [-0.05, 0) is 100.0 Å². The maximum absolute atomic E-state index is 5.54. The Morgan fingerprint density at radius 2 is 1.25 bits per heavy atom. The van der Waals surface area contributed by atoms with Crippen LogP contribution in [0, 0.1) is 0 Å². The maximum Gasteiger partial charge on any atom is 0.0518 e. The lowest BCUT2D eigenvalue weighted by atomic mass is 10.0. The summed E-state index contributed by atoms with van der Waals surface area (Å²) >= 11 is 0. The predicted molar refractivity (Wildman–Crippen MR) is 127 cm³/mol. The Morgan fingerprint density at radius 1 is 0.750 bits per heavy atom. The van der Waals surface area contributed by atoms with Gasteiger partial charge in [0, 0.05) is 13.2 Å². The Bertz CT molecular complexity index is 505. The van der Waals surface area contributed by atoms with Crippen LogP contribution in [0.1, 0.15) is 93.4 Å². The topological polar surface area (TPSA) is 21.3 Å². The molecule has 0 saturated carbocycles. The minimum Gasteiger partial charge on any atom is -0.379 e. The van der Waals surface area contributed by atoms with Crippen molar-refractivity contribution >= 4 is 0 Å². The van der Waals surface area contributed by atoms with Gasteiger partial charge in [-0.15, -0.1) is 0 Å². The predicted octanol–water partition coefficient (Wildman–Crippen LogP) is 7.54. The van der Waals surface area contributed by atoms with Gasteiger partial charge in [-0.25, -0.2) is 0 Å². The van der Waals surface area contributed by atoms with Gasteiger partial charge in [0.1, 0.15) is 0 Å². The quantitative estimate of drug-likeness (QED) is 0.217. The minimum absolute atomic E-state index is 0.339. The molecule has 0 aromatic carbocycles. The molecule has 0 aliphatic carbocycles. The molecule has 0 aromatic rings. The number of hydrogen-bond acceptors (Lipinski definition) is 2. The molecular weight excluding hydrogens is 342 g/mol. The summed E-state index contributed by atoms with van der Waals surface area (Å²) in [5.74, 6) is 0. The zero-order valence-electron chi connectivity index (χ0n) is 19.9. The van der Waals surface area contributed by atoms with Crippen molar-refractivity contribution in [2.75, 3.05) is 19.7 Å². The summed E-state index contributed by atoms with van der Waals surface area (Å²) in [5, 5.41) is 3.47. The van der Waals surface area contributed by atoms with E-state index in [1.54, 1.807) is 0 Å². The smallest absolute Gasteiger partial charge is 0.0518 e. The van der Waals surface area contributed by atoms with Crippen LogP contribution in [0.15, 0.2) is 46.6 Å². The summed E-state index contributed by atoms with van der Waals surface area (Å²) in [4.78, 5) is 0. The average Bonchev–Trinajstić information content (AvgIpc) is 2.60. The van der Waals surface area contributed by atoms with E-state index in [9.17, 15) is 0 Å². The van der Waals surface area contributed by atoms with Crippen LogP contribution >= 0.6 is 0 Å². The first-order valence-electron chi connectivity index (χ1n) is 11.2. The van der Waals surface area contributed by atoms with Crippen LogP contribution < -0.4 is 5.32 Å². The van der Waals surface area contributed by atoms with Gasteiger partial charge in [-0.2, -0.15) is 0 Å². The molecule has 0 amide bonds. The number of rotatable bonds is 16. The van der Waals surface area contributed by atoms with Crippen LogP contribution in [0.2, 0.25) is 0 Å². The van der Waals surface area contributed by atoms with Gasteiger partial charge in [-0.3, -0.25) is 0 Å². The summed E-state index contributed by atoms with van der Waals surface area (Å²) in [7, 11) is 0. The first kappa shape index (κ1) is 26.9. The Labute approximate surface area is 176 Å². The van der Waals surface area contributed by atoms with E-state index in [4.69, 9.17) is 4.74 Å². The maximum atomic E-state index is 5.54. The van der Waals surface area contributed by atoms with Gasteiger partial charge in [0.2, 0.25) is 0 Å². The Hall–Kier alpha value is -1.12. The number of allylic oxidation sites excluding steroid dienone is 7. The van der Waals surface area contributed by atoms with Crippen molar-refractivity contribution in [2.45, 2.75) is 99.5 Å². The Kier molecular flexibility index (Phi) is 17.2. The fourth-order valence-electron chi connectivity index (χ4n) is 2.85. The van der Waals surface area contributed by atoms with Crippen molar-refractivity contribution in [2.24, 2.45) is 0 Å². The number of nitrogens with one attached hydrogen (secondary N) is 1. The van der Waals surface area contributed by atoms with Crippen LogP contribution in [0.3, 0.4) is 0 Å². The van der Waals surface area contributed by atoms with E-state index in [-0.39, 0.29) is 0 Å². The summed E-state index contributed by atoms with van der Waals surface area (Å²) in [5.41, 5.74) is 5.93. The van der Waals surface area contributed by atoms with E-state index in [2.05, 4.69) is 78.1 Å². The third-order valence-corrected chi connectivity index (χ3v) is 4.70. The summed E-state index contributed by atoms with van der Waals surface area (Å²) in [6, 6.07) is 0. The highest BCUT2D eigenvalue weighted by molar-refractivity contribution is 5.07. The van der Waals surface area contributed by atoms with Crippen molar-refractivity contribution < 1.29 is 4.74 Å². The standard InChI is InChI=1S/C26H47NO/c1-22(2)12-8-13-24(5)14-9-15-25(6)16-10-17-26(7)18-20-27-19-11-21-28-23(3)4/h12,14,16,18,23,27H,8-11,13,15,17,19-21H2,1-7H3. The lowest BCUT2D eigenvalue weighted by molar-refractivity contribution is 0.0772. The molecule has 0 radical (unpaired) electrons. The van der Waals surface area contributed by atoms with Crippen LogP contribution in [0.25, 0.3) is 0 Å². The fourth-order valence-corrected chi connectivity index (χ4v) is 2.85. The third kappa shape index (κ3) is 19.6. The van der Waals surface area contributed by atoms with Crippen LogP contribution in [-0.2, 0) is 4.74 Å². The van der Waals surface area contributed by atoms with E-state index < -0.39 is 0 Å². The van der Waals surface area contributed by atoms with Crippen molar-refractivity contribution in [3.63, 3.8) is 0 Å². The van der Waals surface area contributed by atoms with Gasteiger partial charge in [0.15, 0.2) is 0 Å². The fraction of sp³-hybridized carbons (Fsp3) is 0.692. The summed E-state index contributed by atoms with van der Waals surface area (Å²) in [6.07, 6.45) is 17.9. The Morgan fingerprint density at radius 3 is 1.75 bits per heavy atom. The molecule has 28 heavy (non-hydrogen) atoms. The molecule has 162 valence electrons. The van der Waals surface area contributed by atoms with E-state index in [1.807, 2.05) is 0 Å². The molecular formula is C26H47NO. The van der Waals surface area contributed by atoms with E-state index in [0.717, 1.165) is 39.0 Å². The zero-order valence-corrected chi connectivity index (χ0v) is 19.9. The molecule has 0 atom stereocenters. The molecule has 0 rings (SSSR count). The number of hydrogen-bond donors (Lipinski definition) is 1. The van der Waals surface area contributed by atoms with Gasteiger partial charge >= 0.3 is 0 Å². The first-order valence-corrected chi connectivity index (χ1v) is 11.2. The molecule has 0 aromatic heterocycles. The van der Waals surface area contributed by atoms with Gasteiger partial charge < -0.3 is 10.1 Å². The van der Waals surface area contributed by atoms with Crippen molar-refractivity contribution in [1.29, 1.82) is 0 Å². The van der Waals surface area contributed by atoms with Gasteiger partial charge in [0.05, 0.1) is 6.10 Å². The van der Waals surface area contributed by atoms with Crippen molar-refractivity contribution in [3.8, 4) is 0 Å². The zero-order chi connectivity index (χ0) is 21.2. The lowest BCUT2D eigenvalue weighted by Crippen LogP contribution is -2.17. The molecule has 0 aliphatic heterocycles. The number of ether oxygens (including phenoxy) is 1. The molecule has 1 N–H and O–H groups in total. The van der Waals surface area contributed by atoms with E-state index in [1.165, 1.54) is 48.0 Å². The molecule has 0 fully saturated rings. The van der Waals surface area contributed by atoms with Crippen LogP contribution in [0.4, 0.5) is 0 Å².